The first-order valence-electron chi connectivity index (χ1n) is 7.40. The van der Waals surface area contributed by atoms with Crippen LogP contribution in [0.1, 0.15) is 28.5 Å². The van der Waals surface area contributed by atoms with Crippen LogP contribution in [0.15, 0.2) is 30.6 Å². The van der Waals surface area contributed by atoms with Crippen molar-refractivity contribution in [1.82, 2.24) is 25.0 Å². The average molecular weight is 310 g/mol. The molecule has 0 fully saturated rings. The smallest absolute Gasteiger partial charge is 0.257 e. The van der Waals surface area contributed by atoms with Crippen molar-refractivity contribution in [3.63, 3.8) is 0 Å². The zero-order valence-electron chi connectivity index (χ0n) is 13.3. The Morgan fingerprint density at radius 2 is 2.13 bits per heavy atom. The third-order valence-electron chi connectivity index (χ3n) is 3.77. The third kappa shape index (κ3) is 2.73. The highest BCUT2D eigenvalue weighted by atomic mass is 16.1. The summed E-state index contributed by atoms with van der Waals surface area (Å²) in [5, 5.41) is 14.0. The van der Waals surface area contributed by atoms with Gasteiger partial charge in [-0.3, -0.25) is 14.6 Å². The first kappa shape index (κ1) is 15.0. The number of hydrogen-bond acceptors (Lipinski definition) is 4. The molecule has 0 spiro atoms. The molecule has 23 heavy (non-hydrogen) atoms. The number of nitrogens with one attached hydrogen (secondary N) is 2. The summed E-state index contributed by atoms with van der Waals surface area (Å²) in [5.74, 6) is 1.09. The van der Waals surface area contributed by atoms with E-state index in [1.807, 2.05) is 39.1 Å². The van der Waals surface area contributed by atoms with Crippen molar-refractivity contribution < 1.29 is 4.79 Å². The van der Waals surface area contributed by atoms with E-state index < -0.39 is 0 Å². The molecule has 0 saturated heterocycles. The molecule has 0 radical (unpaired) electrons. The highest BCUT2D eigenvalue weighted by Gasteiger charge is 2.18. The minimum absolute atomic E-state index is 0.199. The van der Waals surface area contributed by atoms with Gasteiger partial charge in [-0.1, -0.05) is 25.1 Å². The van der Waals surface area contributed by atoms with E-state index in [1.165, 1.54) is 6.33 Å². The van der Waals surface area contributed by atoms with E-state index in [0.29, 0.717) is 17.0 Å². The molecule has 7 heteroatoms. The van der Waals surface area contributed by atoms with Crippen LogP contribution in [-0.4, -0.2) is 30.9 Å². The number of carbonyl (C=O) groups is 1. The second-order valence-electron chi connectivity index (χ2n) is 5.22. The molecule has 3 aromatic rings. The quantitative estimate of drug-likeness (QED) is 0.774. The largest absolute Gasteiger partial charge is 0.307 e. The molecule has 2 aromatic heterocycles. The Labute approximate surface area is 133 Å². The van der Waals surface area contributed by atoms with Gasteiger partial charge in [0, 0.05) is 18.2 Å². The minimum Gasteiger partial charge on any atom is -0.307 e. The van der Waals surface area contributed by atoms with Gasteiger partial charge in [0.15, 0.2) is 5.82 Å². The number of aromatic amines is 1. The van der Waals surface area contributed by atoms with Crippen molar-refractivity contribution in [1.29, 1.82) is 0 Å². The molecule has 0 aliphatic carbocycles. The summed E-state index contributed by atoms with van der Waals surface area (Å²) in [6.45, 7) is 3.99. The Morgan fingerprint density at radius 1 is 1.35 bits per heavy atom. The lowest BCUT2D eigenvalue weighted by molar-refractivity contribution is 0.102. The Morgan fingerprint density at radius 3 is 2.83 bits per heavy atom. The lowest BCUT2D eigenvalue weighted by Crippen LogP contribution is -2.16. The van der Waals surface area contributed by atoms with E-state index in [1.54, 1.807) is 10.7 Å². The number of rotatable bonds is 4. The van der Waals surface area contributed by atoms with Crippen molar-refractivity contribution in [2.45, 2.75) is 20.3 Å². The van der Waals surface area contributed by atoms with Gasteiger partial charge in [-0.25, -0.2) is 4.98 Å². The summed E-state index contributed by atoms with van der Waals surface area (Å²) >= 11 is 0. The Balaban J connectivity index is 1.97. The molecule has 3 rings (SSSR count). The Kier molecular flexibility index (Phi) is 3.92. The molecule has 2 N–H and O–H groups in total. The lowest BCUT2D eigenvalue weighted by Gasteiger charge is -2.10. The van der Waals surface area contributed by atoms with Gasteiger partial charge >= 0.3 is 0 Å². The Bertz CT molecular complexity index is 834. The minimum atomic E-state index is -0.199. The zero-order valence-corrected chi connectivity index (χ0v) is 13.3. The molecule has 1 amide bonds. The van der Waals surface area contributed by atoms with Crippen LogP contribution in [0.3, 0.4) is 0 Å². The molecule has 118 valence electrons. The second kappa shape index (κ2) is 6.04. The maximum Gasteiger partial charge on any atom is 0.257 e. The number of aryl methyl sites for hydroxylation is 2. The van der Waals surface area contributed by atoms with Gasteiger partial charge in [-0.15, -0.1) is 0 Å². The number of benzene rings is 1. The van der Waals surface area contributed by atoms with Crippen LogP contribution in [0.2, 0.25) is 0 Å². The maximum atomic E-state index is 12.7. The van der Waals surface area contributed by atoms with Crippen LogP contribution in [0.4, 0.5) is 5.82 Å². The van der Waals surface area contributed by atoms with Crippen LogP contribution >= 0.6 is 0 Å². The van der Waals surface area contributed by atoms with Crippen molar-refractivity contribution in [2.24, 2.45) is 7.05 Å². The van der Waals surface area contributed by atoms with Crippen LogP contribution < -0.4 is 5.32 Å². The van der Waals surface area contributed by atoms with Gasteiger partial charge in [0.05, 0.1) is 11.3 Å². The number of amides is 1. The van der Waals surface area contributed by atoms with E-state index in [2.05, 4.69) is 25.6 Å². The highest BCUT2D eigenvalue weighted by molar-refractivity contribution is 6.08. The van der Waals surface area contributed by atoms with E-state index in [0.717, 1.165) is 23.5 Å². The molecule has 2 heterocycles. The van der Waals surface area contributed by atoms with E-state index in [4.69, 9.17) is 0 Å². The van der Waals surface area contributed by atoms with Gasteiger partial charge < -0.3 is 5.32 Å². The first-order valence-corrected chi connectivity index (χ1v) is 7.40. The number of aromatic nitrogens is 5. The van der Waals surface area contributed by atoms with E-state index >= 15 is 0 Å². The zero-order chi connectivity index (χ0) is 16.4. The number of H-pyrrole nitrogens is 1. The average Bonchev–Trinajstić information content (AvgIpc) is 3.16. The molecule has 0 saturated carbocycles. The molecular formula is C16H18N6O. The lowest BCUT2D eigenvalue weighted by atomic mass is 10.1. The predicted octanol–water partition coefficient (Wildman–Crippen LogP) is 2.33. The molecule has 0 aliphatic heterocycles. The van der Waals surface area contributed by atoms with Crippen molar-refractivity contribution in [2.75, 3.05) is 5.32 Å². The van der Waals surface area contributed by atoms with Crippen LogP contribution in [0.5, 0.6) is 0 Å². The topological polar surface area (TPSA) is 88.5 Å². The number of anilines is 1. The van der Waals surface area contributed by atoms with Gasteiger partial charge in [0.25, 0.3) is 5.91 Å². The number of carbonyl (C=O) groups excluding carboxylic acids is 1. The summed E-state index contributed by atoms with van der Waals surface area (Å²) in [6, 6.07) is 7.29. The monoisotopic (exact) mass is 310 g/mol. The van der Waals surface area contributed by atoms with E-state index in [9.17, 15) is 4.79 Å². The predicted molar refractivity (Wildman–Crippen MR) is 87.1 cm³/mol. The molecule has 0 unspecified atom stereocenters. The van der Waals surface area contributed by atoms with Crippen LogP contribution in [0.25, 0.3) is 11.4 Å². The SMILES string of the molecule is CCc1c(C)nn(C)c1NC(=O)c1ccccc1-c1ncn[nH]1. The van der Waals surface area contributed by atoms with Crippen molar-refractivity contribution >= 4 is 11.7 Å². The molecule has 0 aliphatic rings. The Hall–Kier alpha value is -2.96. The number of hydrogen-bond donors (Lipinski definition) is 2. The fraction of sp³-hybridized carbons (Fsp3) is 0.250. The van der Waals surface area contributed by atoms with Gasteiger partial charge in [0.2, 0.25) is 0 Å². The summed E-state index contributed by atoms with van der Waals surface area (Å²) < 4.78 is 1.70. The summed E-state index contributed by atoms with van der Waals surface area (Å²) in [5.41, 5.74) is 3.21. The second-order valence-corrected chi connectivity index (χ2v) is 5.22. The van der Waals surface area contributed by atoms with E-state index in [-0.39, 0.29) is 5.91 Å². The molecule has 7 nitrogen and oxygen atoms in total. The summed E-state index contributed by atoms with van der Waals surface area (Å²) in [6.07, 6.45) is 2.22. The van der Waals surface area contributed by atoms with Gasteiger partial charge in [-0.05, 0) is 19.4 Å². The maximum absolute atomic E-state index is 12.7. The molecule has 1 aromatic carbocycles. The van der Waals surface area contributed by atoms with Gasteiger partial charge in [0.1, 0.15) is 12.1 Å². The number of nitrogens with zero attached hydrogens (tertiary/aromatic N) is 4. The third-order valence-corrected chi connectivity index (χ3v) is 3.77. The van der Waals surface area contributed by atoms with Crippen LogP contribution in [-0.2, 0) is 13.5 Å². The highest BCUT2D eigenvalue weighted by Crippen LogP contribution is 2.23. The molecule has 0 bridgehead atoms. The van der Waals surface area contributed by atoms with Crippen molar-refractivity contribution in [3.8, 4) is 11.4 Å². The summed E-state index contributed by atoms with van der Waals surface area (Å²) in [4.78, 5) is 16.9. The molecule has 0 atom stereocenters. The standard InChI is InChI=1S/C16H18N6O/c1-4-11-10(2)21-22(3)15(11)19-16(23)13-8-6-5-7-12(13)14-17-9-18-20-14/h5-9H,4H2,1-3H3,(H,19,23)(H,17,18,20). The van der Waals surface area contributed by atoms with Crippen molar-refractivity contribution in [3.05, 3.63) is 47.4 Å². The first-order chi connectivity index (χ1) is 11.1. The van der Waals surface area contributed by atoms with Crippen LogP contribution in [0, 0.1) is 6.92 Å². The summed E-state index contributed by atoms with van der Waals surface area (Å²) in [7, 11) is 1.82. The fourth-order valence-corrected chi connectivity index (χ4v) is 2.68. The fourth-order valence-electron chi connectivity index (χ4n) is 2.68. The normalized spacial score (nSPS) is 10.7. The van der Waals surface area contributed by atoms with Gasteiger partial charge in [-0.2, -0.15) is 10.2 Å². The molecular weight excluding hydrogens is 292 g/mol.